The van der Waals surface area contributed by atoms with Crippen molar-refractivity contribution in [1.29, 1.82) is 0 Å². The molecule has 0 aliphatic carbocycles. The zero-order valence-corrected chi connectivity index (χ0v) is 13.3. The van der Waals surface area contributed by atoms with Crippen LogP contribution in [-0.2, 0) is 6.54 Å². The van der Waals surface area contributed by atoms with E-state index < -0.39 is 0 Å². The molecule has 0 aliphatic heterocycles. The number of hydrogen-bond acceptors (Lipinski definition) is 4. The summed E-state index contributed by atoms with van der Waals surface area (Å²) >= 11 is 4.82. The summed E-state index contributed by atoms with van der Waals surface area (Å²) in [5.41, 5.74) is 1.60. The van der Waals surface area contributed by atoms with Crippen LogP contribution >= 0.6 is 27.3 Å². The van der Waals surface area contributed by atoms with Crippen molar-refractivity contribution in [2.75, 3.05) is 0 Å². The summed E-state index contributed by atoms with van der Waals surface area (Å²) in [6.07, 6.45) is 1.64. The highest BCUT2D eigenvalue weighted by molar-refractivity contribution is 9.11. The van der Waals surface area contributed by atoms with Gasteiger partial charge in [-0.1, -0.05) is 18.2 Å². The molecule has 3 aromatic rings. The van der Waals surface area contributed by atoms with Crippen molar-refractivity contribution in [2.45, 2.75) is 6.54 Å². The molecular formula is C14H11BrN4OS. The lowest BCUT2D eigenvalue weighted by Crippen LogP contribution is -2.24. The summed E-state index contributed by atoms with van der Waals surface area (Å²) in [4.78, 5) is 12.0. The van der Waals surface area contributed by atoms with E-state index in [1.807, 2.05) is 34.9 Å². The van der Waals surface area contributed by atoms with Gasteiger partial charge in [-0.3, -0.25) is 9.36 Å². The zero-order chi connectivity index (χ0) is 14.7. The molecule has 0 saturated carbocycles. The van der Waals surface area contributed by atoms with E-state index >= 15 is 0 Å². The molecule has 5 nitrogen and oxygen atoms in total. The number of amides is 1. The molecule has 0 unspecified atom stereocenters. The number of aromatic nitrogens is 3. The fourth-order valence-electron chi connectivity index (χ4n) is 1.87. The van der Waals surface area contributed by atoms with Crippen molar-refractivity contribution in [1.82, 2.24) is 20.1 Å². The van der Waals surface area contributed by atoms with Crippen LogP contribution < -0.4 is 5.32 Å². The van der Waals surface area contributed by atoms with Crippen molar-refractivity contribution in [3.8, 4) is 5.69 Å². The number of nitrogens with zero attached hydrogens (tertiary/aromatic N) is 3. The number of thiophene rings is 1. The van der Waals surface area contributed by atoms with Gasteiger partial charge in [-0.15, -0.1) is 21.5 Å². The summed E-state index contributed by atoms with van der Waals surface area (Å²) in [5, 5.41) is 12.6. The van der Waals surface area contributed by atoms with Crippen molar-refractivity contribution < 1.29 is 4.79 Å². The Hall–Kier alpha value is -1.99. The lowest BCUT2D eigenvalue weighted by molar-refractivity contribution is 0.0950. The van der Waals surface area contributed by atoms with Crippen molar-refractivity contribution >= 4 is 33.2 Å². The first kappa shape index (κ1) is 14.0. The average Bonchev–Trinajstić information content (AvgIpc) is 3.14. The number of para-hydroxylation sites is 1. The van der Waals surface area contributed by atoms with Gasteiger partial charge in [-0.05, 0) is 34.1 Å². The van der Waals surface area contributed by atoms with Gasteiger partial charge in [0.2, 0.25) is 0 Å². The first-order valence-corrected chi connectivity index (χ1v) is 7.88. The lowest BCUT2D eigenvalue weighted by Gasteiger charge is -2.07. The molecule has 0 bridgehead atoms. The Morgan fingerprint density at radius 2 is 2.14 bits per heavy atom. The minimum Gasteiger partial charge on any atom is -0.345 e. The predicted octanol–water partition coefficient (Wildman–Crippen LogP) is 3.02. The first-order valence-electron chi connectivity index (χ1n) is 6.20. The van der Waals surface area contributed by atoms with Crippen LogP contribution in [0.2, 0.25) is 0 Å². The van der Waals surface area contributed by atoms with Crippen LogP contribution in [0.15, 0.2) is 51.9 Å². The maximum atomic E-state index is 12.0. The largest absolute Gasteiger partial charge is 0.345 e. The van der Waals surface area contributed by atoms with E-state index in [1.165, 1.54) is 11.3 Å². The Labute approximate surface area is 133 Å². The molecular weight excluding hydrogens is 352 g/mol. The Kier molecular flexibility index (Phi) is 4.12. The van der Waals surface area contributed by atoms with Gasteiger partial charge in [0.1, 0.15) is 6.33 Å². The minimum atomic E-state index is -0.125. The highest BCUT2D eigenvalue weighted by atomic mass is 79.9. The molecule has 1 amide bonds. The number of rotatable bonds is 4. The van der Waals surface area contributed by atoms with Gasteiger partial charge in [0.25, 0.3) is 5.91 Å². The lowest BCUT2D eigenvalue weighted by atomic mass is 10.3. The van der Waals surface area contributed by atoms with Crippen LogP contribution in [0.3, 0.4) is 0 Å². The number of benzene rings is 1. The third-order valence-corrected chi connectivity index (χ3v) is 4.39. The van der Waals surface area contributed by atoms with Gasteiger partial charge < -0.3 is 5.32 Å². The molecule has 0 fully saturated rings. The van der Waals surface area contributed by atoms with Crippen LogP contribution in [0.5, 0.6) is 0 Å². The molecule has 2 heterocycles. The van der Waals surface area contributed by atoms with Gasteiger partial charge in [0.05, 0.1) is 15.9 Å². The van der Waals surface area contributed by atoms with Crippen LogP contribution in [0.25, 0.3) is 5.69 Å². The number of carbonyl (C=O) groups excluding carboxylic acids is 1. The smallest absolute Gasteiger partial charge is 0.252 e. The van der Waals surface area contributed by atoms with Gasteiger partial charge in [0.15, 0.2) is 5.82 Å². The SMILES string of the molecule is O=C(NCc1nncn1-c1ccccc1)c1csc(Br)c1. The van der Waals surface area contributed by atoms with E-state index in [1.54, 1.807) is 17.8 Å². The molecule has 3 rings (SSSR count). The second-order valence-electron chi connectivity index (χ2n) is 4.27. The van der Waals surface area contributed by atoms with E-state index in [2.05, 4.69) is 31.4 Å². The Morgan fingerprint density at radius 1 is 1.33 bits per heavy atom. The van der Waals surface area contributed by atoms with E-state index in [4.69, 9.17) is 0 Å². The average molecular weight is 363 g/mol. The van der Waals surface area contributed by atoms with Crippen molar-refractivity contribution in [3.05, 3.63) is 63.3 Å². The Bertz CT molecular complexity index is 753. The van der Waals surface area contributed by atoms with E-state index in [0.29, 0.717) is 17.9 Å². The second kappa shape index (κ2) is 6.19. The molecule has 106 valence electrons. The van der Waals surface area contributed by atoms with Crippen molar-refractivity contribution in [2.24, 2.45) is 0 Å². The van der Waals surface area contributed by atoms with Crippen LogP contribution in [-0.4, -0.2) is 20.7 Å². The zero-order valence-electron chi connectivity index (χ0n) is 10.9. The highest BCUT2D eigenvalue weighted by Gasteiger charge is 2.10. The number of nitrogens with one attached hydrogen (secondary N) is 1. The molecule has 0 atom stereocenters. The number of halogens is 1. The molecule has 0 radical (unpaired) electrons. The standard InChI is InChI=1S/C14H11BrN4OS/c15-12-6-10(8-21-12)14(20)16-7-13-18-17-9-19(13)11-4-2-1-3-5-11/h1-6,8-9H,7H2,(H,16,20). The number of carbonyl (C=O) groups is 1. The third kappa shape index (κ3) is 3.20. The Balaban J connectivity index is 1.72. The van der Waals surface area contributed by atoms with Gasteiger partial charge in [0, 0.05) is 11.1 Å². The summed E-state index contributed by atoms with van der Waals surface area (Å²) < 4.78 is 2.78. The maximum absolute atomic E-state index is 12.0. The van der Waals surface area contributed by atoms with E-state index in [9.17, 15) is 4.79 Å². The topological polar surface area (TPSA) is 59.8 Å². The third-order valence-electron chi connectivity index (χ3n) is 2.89. The van der Waals surface area contributed by atoms with Gasteiger partial charge in [-0.2, -0.15) is 0 Å². The monoisotopic (exact) mass is 362 g/mol. The molecule has 1 aromatic carbocycles. The van der Waals surface area contributed by atoms with E-state index in [-0.39, 0.29) is 5.91 Å². The Morgan fingerprint density at radius 3 is 2.86 bits per heavy atom. The highest BCUT2D eigenvalue weighted by Crippen LogP contribution is 2.20. The molecule has 1 N–H and O–H groups in total. The molecule has 0 spiro atoms. The predicted molar refractivity (Wildman–Crippen MR) is 84.5 cm³/mol. The summed E-state index contributed by atoms with van der Waals surface area (Å²) in [7, 11) is 0. The second-order valence-corrected chi connectivity index (χ2v) is 6.57. The molecule has 21 heavy (non-hydrogen) atoms. The van der Waals surface area contributed by atoms with Crippen LogP contribution in [0.1, 0.15) is 16.2 Å². The molecule has 2 aromatic heterocycles. The fourth-order valence-corrected chi connectivity index (χ4v) is 3.01. The summed E-state index contributed by atoms with van der Waals surface area (Å²) in [6.45, 7) is 0.321. The normalized spacial score (nSPS) is 10.5. The van der Waals surface area contributed by atoms with Gasteiger partial charge in [-0.25, -0.2) is 0 Å². The quantitative estimate of drug-likeness (QED) is 0.775. The summed E-state index contributed by atoms with van der Waals surface area (Å²) in [5.74, 6) is 0.559. The van der Waals surface area contributed by atoms with Crippen LogP contribution in [0, 0.1) is 0 Å². The molecule has 0 saturated heterocycles. The van der Waals surface area contributed by atoms with Crippen molar-refractivity contribution in [3.63, 3.8) is 0 Å². The summed E-state index contributed by atoms with van der Waals surface area (Å²) in [6, 6.07) is 11.6. The maximum Gasteiger partial charge on any atom is 0.252 e. The molecule has 0 aliphatic rings. The fraction of sp³-hybridized carbons (Fsp3) is 0.0714. The van der Waals surface area contributed by atoms with E-state index in [0.717, 1.165) is 9.47 Å². The van der Waals surface area contributed by atoms with Gasteiger partial charge >= 0.3 is 0 Å². The minimum absolute atomic E-state index is 0.125. The molecule has 7 heteroatoms. The first-order chi connectivity index (χ1) is 10.2. The van der Waals surface area contributed by atoms with Crippen LogP contribution in [0.4, 0.5) is 0 Å². The number of hydrogen-bond donors (Lipinski definition) is 1.